The first kappa shape index (κ1) is 17.0. The van der Waals surface area contributed by atoms with Crippen molar-refractivity contribution in [3.8, 4) is 0 Å². The molecule has 0 aliphatic carbocycles. The van der Waals surface area contributed by atoms with E-state index < -0.39 is 5.97 Å². The monoisotopic (exact) mass is 270 g/mol. The zero-order valence-corrected chi connectivity index (χ0v) is 12.8. The number of carboxylic acids is 1. The quantitative estimate of drug-likeness (QED) is 0.533. The van der Waals surface area contributed by atoms with E-state index in [1.165, 1.54) is 0 Å². The third-order valence-electron chi connectivity index (χ3n) is 3.74. The number of carbonyl (C=O) groups is 1. The maximum Gasteiger partial charge on any atom is 1.00 e. The summed E-state index contributed by atoms with van der Waals surface area (Å²) in [5, 5.41) is 10.9. The number of aryl methyl sites for hydroxylation is 1. The summed E-state index contributed by atoms with van der Waals surface area (Å²) in [6.07, 6.45) is 1.05. The van der Waals surface area contributed by atoms with Crippen molar-refractivity contribution in [2.75, 3.05) is 32.1 Å². The molecule has 0 saturated carbocycles. The van der Waals surface area contributed by atoms with Crippen molar-refractivity contribution in [1.29, 1.82) is 0 Å². The van der Waals surface area contributed by atoms with Crippen molar-refractivity contribution >= 4 is 11.8 Å². The van der Waals surface area contributed by atoms with Gasteiger partial charge in [-0.1, -0.05) is 0 Å². The maximum absolute atomic E-state index is 10.9. The van der Waals surface area contributed by atoms with E-state index in [1.807, 2.05) is 6.92 Å². The molecule has 6 nitrogen and oxygen atoms in total. The van der Waals surface area contributed by atoms with Crippen LogP contribution in [0.3, 0.4) is 0 Å². The number of aromatic nitrogens is 2. The summed E-state index contributed by atoms with van der Waals surface area (Å²) in [6.45, 7) is 5.46. The Hall–Kier alpha value is -1.09. The van der Waals surface area contributed by atoms with Crippen molar-refractivity contribution in [1.82, 2.24) is 14.9 Å². The van der Waals surface area contributed by atoms with Gasteiger partial charge < -0.3 is 19.7 Å². The van der Waals surface area contributed by atoms with Gasteiger partial charge in [0.2, 0.25) is 0 Å². The van der Waals surface area contributed by atoms with E-state index in [9.17, 15) is 9.90 Å². The van der Waals surface area contributed by atoms with Crippen LogP contribution in [0, 0.1) is 13.8 Å². The van der Waals surface area contributed by atoms with Crippen molar-refractivity contribution in [2.24, 2.45) is 0 Å². The van der Waals surface area contributed by atoms with Crippen molar-refractivity contribution in [3.05, 3.63) is 17.1 Å². The SMILES string of the molecule is Cc1nc(C(=O)[O-])nc(N2CCC(N(C)C)C2)c1C.[Li+]. The van der Waals surface area contributed by atoms with E-state index >= 15 is 0 Å². The number of hydrogen-bond donors (Lipinski definition) is 0. The van der Waals surface area contributed by atoms with Crippen LogP contribution in [-0.4, -0.2) is 54.1 Å². The van der Waals surface area contributed by atoms with Crippen LogP contribution in [0.4, 0.5) is 5.82 Å². The minimum atomic E-state index is -1.33. The Morgan fingerprint density at radius 1 is 1.35 bits per heavy atom. The fraction of sp³-hybridized carbons (Fsp3) is 0.615. The number of nitrogens with zero attached hydrogens (tertiary/aromatic N) is 4. The summed E-state index contributed by atoms with van der Waals surface area (Å²) in [5.41, 5.74) is 1.63. The number of aromatic carboxylic acids is 1. The Kier molecular flexibility index (Phi) is 5.57. The Morgan fingerprint density at radius 3 is 2.50 bits per heavy atom. The molecule has 2 heterocycles. The first-order valence-corrected chi connectivity index (χ1v) is 6.38. The minimum Gasteiger partial charge on any atom is -0.542 e. The van der Waals surface area contributed by atoms with E-state index in [4.69, 9.17) is 0 Å². The number of rotatable bonds is 3. The molecule has 0 N–H and O–H groups in total. The molecule has 7 heteroatoms. The predicted molar refractivity (Wildman–Crippen MR) is 70.1 cm³/mol. The van der Waals surface area contributed by atoms with Gasteiger partial charge >= 0.3 is 18.9 Å². The molecule has 1 aromatic heterocycles. The van der Waals surface area contributed by atoms with Gasteiger partial charge in [-0.25, -0.2) is 9.97 Å². The molecular formula is C13H19LiN4O2. The molecule has 1 saturated heterocycles. The van der Waals surface area contributed by atoms with Crippen LogP contribution in [0.2, 0.25) is 0 Å². The second kappa shape index (κ2) is 6.57. The number of carboxylic acid groups (broad SMARTS) is 1. The molecule has 104 valence electrons. The predicted octanol–water partition coefficient (Wildman–Crippen LogP) is -3.40. The van der Waals surface area contributed by atoms with E-state index in [1.54, 1.807) is 6.92 Å². The number of anilines is 1. The molecule has 20 heavy (non-hydrogen) atoms. The second-order valence-corrected chi connectivity index (χ2v) is 5.22. The van der Waals surface area contributed by atoms with E-state index in [0.29, 0.717) is 11.7 Å². The molecule has 0 amide bonds. The van der Waals surface area contributed by atoms with Gasteiger partial charge in [0.25, 0.3) is 0 Å². The molecule has 1 unspecified atom stereocenters. The van der Waals surface area contributed by atoms with Gasteiger partial charge in [0.05, 0.1) is 0 Å². The number of hydrogen-bond acceptors (Lipinski definition) is 6. The van der Waals surface area contributed by atoms with Crippen molar-refractivity contribution in [2.45, 2.75) is 26.3 Å². The average molecular weight is 270 g/mol. The van der Waals surface area contributed by atoms with Gasteiger partial charge in [-0.2, -0.15) is 0 Å². The molecule has 0 aromatic carbocycles. The van der Waals surface area contributed by atoms with Crippen LogP contribution in [-0.2, 0) is 0 Å². The van der Waals surface area contributed by atoms with Crippen molar-refractivity contribution in [3.63, 3.8) is 0 Å². The van der Waals surface area contributed by atoms with Crippen molar-refractivity contribution < 1.29 is 28.8 Å². The third kappa shape index (κ3) is 3.32. The summed E-state index contributed by atoms with van der Waals surface area (Å²) < 4.78 is 0. The van der Waals surface area contributed by atoms with E-state index in [-0.39, 0.29) is 24.7 Å². The molecule has 2 rings (SSSR count). The molecule has 1 aliphatic rings. The fourth-order valence-electron chi connectivity index (χ4n) is 2.37. The van der Waals surface area contributed by atoms with Gasteiger partial charge in [0.15, 0.2) is 5.82 Å². The first-order valence-electron chi connectivity index (χ1n) is 6.38. The van der Waals surface area contributed by atoms with E-state index in [2.05, 4.69) is 33.9 Å². The summed E-state index contributed by atoms with van der Waals surface area (Å²) in [7, 11) is 4.11. The van der Waals surface area contributed by atoms with Gasteiger partial charge in [-0.3, -0.25) is 0 Å². The zero-order chi connectivity index (χ0) is 14.2. The molecule has 1 aliphatic heterocycles. The average Bonchev–Trinajstić information content (AvgIpc) is 2.81. The molecule has 1 atom stereocenters. The number of likely N-dealkylation sites (N-methyl/N-ethyl adjacent to an activating group) is 1. The zero-order valence-electron chi connectivity index (χ0n) is 12.8. The third-order valence-corrected chi connectivity index (χ3v) is 3.74. The van der Waals surface area contributed by atoms with Crippen LogP contribution >= 0.6 is 0 Å². The van der Waals surface area contributed by atoms with Crippen LogP contribution in [0.25, 0.3) is 0 Å². The largest absolute Gasteiger partial charge is 1.00 e. The first-order chi connectivity index (χ1) is 8.90. The van der Waals surface area contributed by atoms with Crippen LogP contribution in [0.1, 0.15) is 28.3 Å². The summed E-state index contributed by atoms with van der Waals surface area (Å²) in [5.74, 6) is -0.838. The second-order valence-electron chi connectivity index (χ2n) is 5.22. The molecule has 0 radical (unpaired) electrons. The normalized spacial score (nSPS) is 18.2. The topological polar surface area (TPSA) is 72.4 Å². The van der Waals surface area contributed by atoms with Gasteiger partial charge in [0.1, 0.15) is 11.8 Å². The van der Waals surface area contributed by atoms with Gasteiger partial charge in [-0.15, -0.1) is 0 Å². The van der Waals surface area contributed by atoms with Gasteiger partial charge in [0, 0.05) is 30.4 Å². The molecule has 1 aromatic rings. The Morgan fingerprint density at radius 2 is 2.00 bits per heavy atom. The maximum atomic E-state index is 10.9. The summed E-state index contributed by atoms with van der Waals surface area (Å²) in [6, 6.07) is 0.473. The van der Waals surface area contributed by atoms with Crippen LogP contribution < -0.4 is 28.9 Å². The Bertz CT molecular complexity index is 507. The summed E-state index contributed by atoms with van der Waals surface area (Å²) in [4.78, 5) is 23.3. The molecule has 0 spiro atoms. The molecular weight excluding hydrogens is 251 g/mol. The van der Waals surface area contributed by atoms with Gasteiger partial charge in [-0.05, 0) is 34.4 Å². The van der Waals surface area contributed by atoms with E-state index in [0.717, 1.165) is 30.9 Å². The molecule has 1 fully saturated rings. The summed E-state index contributed by atoms with van der Waals surface area (Å²) >= 11 is 0. The number of carbonyl (C=O) groups excluding carboxylic acids is 1. The minimum absolute atomic E-state index is 0. The Balaban J connectivity index is 0.00000200. The smallest absolute Gasteiger partial charge is 0.542 e. The van der Waals surface area contributed by atoms with Crippen LogP contribution in [0.15, 0.2) is 0 Å². The molecule has 0 bridgehead atoms. The Labute approximate surface area is 131 Å². The fourth-order valence-corrected chi connectivity index (χ4v) is 2.37. The van der Waals surface area contributed by atoms with Crippen LogP contribution in [0.5, 0.6) is 0 Å². The standard InChI is InChI=1S/C13H20N4O2.Li/c1-8-9(2)14-11(13(18)19)15-12(8)17-6-5-10(7-17)16(3)4;/h10H,5-7H2,1-4H3,(H,18,19);/q;+1/p-1.